The van der Waals surface area contributed by atoms with Gasteiger partial charge < -0.3 is 23.6 Å². The minimum absolute atomic E-state index is 0.169. The Kier molecular flexibility index (Phi) is 6.90. The summed E-state index contributed by atoms with van der Waals surface area (Å²) in [5.74, 6) is 2.70. The van der Waals surface area contributed by atoms with Gasteiger partial charge in [-0.25, -0.2) is 0 Å². The predicted molar refractivity (Wildman–Crippen MR) is 110 cm³/mol. The Labute approximate surface area is 175 Å². The Hall–Kier alpha value is -3.55. The first-order valence-electron chi connectivity index (χ1n) is 9.60. The van der Waals surface area contributed by atoms with Crippen LogP contribution in [0.4, 0.5) is 0 Å². The van der Waals surface area contributed by atoms with E-state index in [9.17, 15) is 4.79 Å². The van der Waals surface area contributed by atoms with Crippen LogP contribution in [0.5, 0.6) is 17.2 Å². The molecule has 1 amide bonds. The van der Waals surface area contributed by atoms with E-state index in [0.29, 0.717) is 24.0 Å². The van der Waals surface area contributed by atoms with E-state index in [4.69, 9.17) is 18.7 Å². The van der Waals surface area contributed by atoms with Crippen molar-refractivity contribution in [2.75, 3.05) is 20.8 Å². The maximum absolute atomic E-state index is 12.8. The minimum Gasteiger partial charge on any atom is -0.497 e. The predicted octanol–water partition coefficient (Wildman–Crippen LogP) is 3.57. The highest BCUT2D eigenvalue weighted by atomic mass is 16.5. The molecular weight excluding hydrogens is 386 g/mol. The molecule has 30 heavy (non-hydrogen) atoms. The van der Waals surface area contributed by atoms with Crippen molar-refractivity contribution in [2.45, 2.75) is 26.5 Å². The van der Waals surface area contributed by atoms with Gasteiger partial charge in [-0.15, -0.1) is 0 Å². The van der Waals surface area contributed by atoms with Gasteiger partial charge in [-0.3, -0.25) is 4.79 Å². The zero-order valence-corrected chi connectivity index (χ0v) is 17.5. The Morgan fingerprint density at radius 2 is 1.57 bits per heavy atom. The molecule has 0 unspecified atom stereocenters. The number of rotatable bonds is 9. The number of likely N-dealkylation sites (N-methyl/N-ethyl adjacent to an activating group) is 1. The molecule has 0 N–H and O–H groups in total. The maximum Gasteiger partial charge on any atom is 0.263 e. The lowest BCUT2D eigenvalue weighted by Gasteiger charge is -2.23. The van der Waals surface area contributed by atoms with Crippen molar-refractivity contribution in [3.05, 3.63) is 54.4 Å². The first kappa shape index (κ1) is 21.2. The Morgan fingerprint density at radius 3 is 2.13 bits per heavy atom. The smallest absolute Gasteiger partial charge is 0.263 e. The van der Waals surface area contributed by atoms with Gasteiger partial charge in [-0.1, -0.05) is 5.16 Å². The third-order valence-electron chi connectivity index (χ3n) is 4.56. The van der Waals surface area contributed by atoms with Gasteiger partial charge in [-0.2, -0.15) is 4.98 Å². The lowest BCUT2D eigenvalue weighted by molar-refractivity contribution is -0.138. The number of ether oxygens (including phenoxy) is 3. The fourth-order valence-electron chi connectivity index (χ4n) is 2.85. The SMILES string of the molecule is CCN(Cc1nc(-c2ccc(OC)cc2)no1)C(=O)[C@@H](C)Oc1ccc(OC)cc1. The molecule has 0 aliphatic heterocycles. The Bertz CT molecular complexity index is 954. The van der Waals surface area contributed by atoms with Crippen LogP contribution in [0.15, 0.2) is 53.1 Å². The number of hydrogen-bond donors (Lipinski definition) is 0. The summed E-state index contributed by atoms with van der Waals surface area (Å²) in [5, 5.41) is 4.01. The van der Waals surface area contributed by atoms with E-state index in [1.165, 1.54) is 0 Å². The largest absolute Gasteiger partial charge is 0.497 e. The molecule has 0 radical (unpaired) electrons. The van der Waals surface area contributed by atoms with E-state index in [1.54, 1.807) is 50.3 Å². The standard InChI is InChI=1S/C22H25N3O5/c1-5-25(22(26)15(2)29-19-12-10-18(28-4)11-13-19)14-20-23-21(24-30-20)16-6-8-17(27-3)9-7-16/h6-13,15H,5,14H2,1-4H3/t15-/m1/s1. The first-order valence-corrected chi connectivity index (χ1v) is 9.60. The molecule has 0 bridgehead atoms. The van der Waals surface area contributed by atoms with Gasteiger partial charge in [0, 0.05) is 12.1 Å². The summed E-state index contributed by atoms with van der Waals surface area (Å²) in [6.07, 6.45) is -0.665. The second-order valence-electron chi connectivity index (χ2n) is 6.53. The molecule has 0 aliphatic rings. The monoisotopic (exact) mass is 411 g/mol. The molecule has 0 spiro atoms. The highest BCUT2D eigenvalue weighted by Crippen LogP contribution is 2.21. The lowest BCUT2D eigenvalue weighted by Crippen LogP contribution is -2.40. The zero-order valence-electron chi connectivity index (χ0n) is 17.5. The first-order chi connectivity index (χ1) is 14.5. The summed E-state index contributed by atoms with van der Waals surface area (Å²) < 4.78 is 21.4. The number of carbonyl (C=O) groups is 1. The van der Waals surface area contributed by atoms with Crippen LogP contribution in [0.25, 0.3) is 11.4 Å². The highest BCUT2D eigenvalue weighted by Gasteiger charge is 2.23. The van der Waals surface area contributed by atoms with Gasteiger partial charge in [0.2, 0.25) is 11.7 Å². The van der Waals surface area contributed by atoms with Crippen LogP contribution in [0.1, 0.15) is 19.7 Å². The number of hydrogen-bond acceptors (Lipinski definition) is 7. The third-order valence-corrected chi connectivity index (χ3v) is 4.56. The minimum atomic E-state index is -0.665. The second kappa shape index (κ2) is 9.78. The highest BCUT2D eigenvalue weighted by molar-refractivity contribution is 5.80. The fourth-order valence-corrected chi connectivity index (χ4v) is 2.85. The van der Waals surface area contributed by atoms with Crippen molar-refractivity contribution < 1.29 is 23.5 Å². The molecule has 1 aromatic heterocycles. The molecule has 0 saturated heterocycles. The third kappa shape index (κ3) is 5.08. The summed E-state index contributed by atoms with van der Waals surface area (Å²) >= 11 is 0. The van der Waals surface area contributed by atoms with E-state index in [0.717, 1.165) is 17.1 Å². The molecule has 3 aromatic rings. The van der Waals surface area contributed by atoms with Crippen LogP contribution in [0, 0.1) is 0 Å². The quantitative estimate of drug-likeness (QED) is 0.532. The number of nitrogens with zero attached hydrogens (tertiary/aromatic N) is 3. The van der Waals surface area contributed by atoms with E-state index in [1.807, 2.05) is 31.2 Å². The number of amides is 1. The van der Waals surface area contributed by atoms with Gasteiger partial charge in [0.25, 0.3) is 5.91 Å². The summed E-state index contributed by atoms with van der Waals surface area (Å²) in [6, 6.07) is 14.4. The molecule has 3 rings (SSSR count). The van der Waals surface area contributed by atoms with Gasteiger partial charge in [0.15, 0.2) is 6.10 Å². The molecule has 1 heterocycles. The van der Waals surface area contributed by atoms with E-state index in [2.05, 4.69) is 10.1 Å². The van der Waals surface area contributed by atoms with E-state index in [-0.39, 0.29) is 12.5 Å². The normalized spacial score (nSPS) is 11.6. The molecule has 0 fully saturated rings. The summed E-state index contributed by atoms with van der Waals surface area (Å²) in [5.41, 5.74) is 0.802. The van der Waals surface area contributed by atoms with Gasteiger partial charge in [0.05, 0.1) is 14.2 Å². The second-order valence-corrected chi connectivity index (χ2v) is 6.53. The Morgan fingerprint density at radius 1 is 1.00 bits per heavy atom. The van der Waals surface area contributed by atoms with Crippen LogP contribution >= 0.6 is 0 Å². The van der Waals surface area contributed by atoms with Crippen LogP contribution in [-0.2, 0) is 11.3 Å². The molecule has 8 heteroatoms. The summed E-state index contributed by atoms with van der Waals surface area (Å²) in [7, 11) is 3.20. The van der Waals surface area contributed by atoms with Crippen molar-refractivity contribution in [3.8, 4) is 28.6 Å². The molecule has 2 aromatic carbocycles. The number of benzene rings is 2. The van der Waals surface area contributed by atoms with Gasteiger partial charge >= 0.3 is 0 Å². The van der Waals surface area contributed by atoms with E-state index < -0.39 is 6.10 Å². The van der Waals surface area contributed by atoms with Crippen molar-refractivity contribution in [1.29, 1.82) is 0 Å². The molecule has 8 nitrogen and oxygen atoms in total. The Balaban J connectivity index is 1.63. The zero-order chi connectivity index (χ0) is 21.5. The fraction of sp³-hybridized carbons (Fsp3) is 0.318. The number of aromatic nitrogens is 2. The maximum atomic E-state index is 12.8. The van der Waals surface area contributed by atoms with Crippen molar-refractivity contribution in [3.63, 3.8) is 0 Å². The van der Waals surface area contributed by atoms with Crippen molar-refractivity contribution >= 4 is 5.91 Å². The molecule has 1 atom stereocenters. The molecule has 0 saturated carbocycles. The van der Waals surface area contributed by atoms with Gasteiger partial charge in [-0.05, 0) is 62.4 Å². The topological polar surface area (TPSA) is 86.9 Å². The van der Waals surface area contributed by atoms with Crippen LogP contribution in [0.3, 0.4) is 0 Å². The molecule has 158 valence electrons. The summed E-state index contributed by atoms with van der Waals surface area (Å²) in [4.78, 5) is 18.8. The van der Waals surface area contributed by atoms with Gasteiger partial charge in [0.1, 0.15) is 23.8 Å². The molecular formula is C22H25N3O5. The van der Waals surface area contributed by atoms with Crippen LogP contribution in [-0.4, -0.2) is 47.8 Å². The van der Waals surface area contributed by atoms with Crippen LogP contribution in [0.2, 0.25) is 0 Å². The lowest BCUT2D eigenvalue weighted by atomic mass is 10.2. The number of carbonyl (C=O) groups excluding carboxylic acids is 1. The summed E-state index contributed by atoms with van der Waals surface area (Å²) in [6.45, 7) is 4.29. The van der Waals surface area contributed by atoms with Crippen LogP contribution < -0.4 is 14.2 Å². The average Bonchev–Trinajstić information content (AvgIpc) is 3.26. The van der Waals surface area contributed by atoms with Crippen molar-refractivity contribution in [2.24, 2.45) is 0 Å². The average molecular weight is 411 g/mol. The molecule has 0 aliphatic carbocycles. The van der Waals surface area contributed by atoms with Crippen molar-refractivity contribution in [1.82, 2.24) is 15.0 Å². The van der Waals surface area contributed by atoms with E-state index >= 15 is 0 Å². The number of methoxy groups -OCH3 is 2.